The number of piperidine rings is 1. The average Bonchev–Trinajstić information content (AvgIpc) is 3.08. The highest BCUT2D eigenvalue weighted by Crippen LogP contribution is 2.27. The van der Waals surface area contributed by atoms with Gasteiger partial charge in [-0.05, 0) is 50.3 Å². The first-order chi connectivity index (χ1) is 13.0. The Morgan fingerprint density at radius 3 is 2.67 bits per heavy atom. The van der Waals surface area contributed by atoms with Crippen LogP contribution in [0.15, 0.2) is 30.5 Å². The first-order valence-corrected chi connectivity index (χ1v) is 9.25. The standard InChI is InChI=1S/C20H25F2N3O2/c1-14-18(13-25(23-14)20(21)22)15-6-8-16(9-7-15)19(26)24-11-4-3-5-17(24)10-12-27-2/h6-9,13,17,20H,3-5,10-12H2,1-2H3/t17-/m1/s1. The average molecular weight is 377 g/mol. The summed E-state index contributed by atoms with van der Waals surface area (Å²) in [5.41, 5.74) is 2.56. The first kappa shape index (κ1) is 19.5. The molecule has 1 atom stereocenters. The van der Waals surface area contributed by atoms with E-state index in [-0.39, 0.29) is 11.9 Å². The Morgan fingerprint density at radius 2 is 2.04 bits per heavy atom. The van der Waals surface area contributed by atoms with Gasteiger partial charge in [-0.1, -0.05) is 12.1 Å². The zero-order chi connectivity index (χ0) is 19.4. The molecule has 146 valence electrons. The van der Waals surface area contributed by atoms with E-state index in [1.54, 1.807) is 38.3 Å². The highest BCUT2D eigenvalue weighted by atomic mass is 19.3. The quantitative estimate of drug-likeness (QED) is 0.755. The van der Waals surface area contributed by atoms with Gasteiger partial charge in [0.05, 0.1) is 5.69 Å². The number of nitrogens with zero attached hydrogens (tertiary/aromatic N) is 3. The summed E-state index contributed by atoms with van der Waals surface area (Å²) in [7, 11) is 1.67. The number of hydrogen-bond donors (Lipinski definition) is 0. The van der Waals surface area contributed by atoms with Gasteiger partial charge in [-0.2, -0.15) is 13.9 Å². The zero-order valence-electron chi connectivity index (χ0n) is 15.7. The monoisotopic (exact) mass is 377 g/mol. The van der Waals surface area contributed by atoms with Crippen LogP contribution in [0.1, 0.15) is 48.3 Å². The Morgan fingerprint density at radius 1 is 1.30 bits per heavy atom. The third-order valence-electron chi connectivity index (χ3n) is 5.10. The van der Waals surface area contributed by atoms with Gasteiger partial charge in [0.15, 0.2) is 0 Å². The van der Waals surface area contributed by atoms with Crippen LogP contribution in [-0.2, 0) is 4.74 Å². The van der Waals surface area contributed by atoms with Gasteiger partial charge >= 0.3 is 6.55 Å². The molecule has 1 aromatic heterocycles. The number of ether oxygens (including phenoxy) is 1. The fourth-order valence-electron chi connectivity index (χ4n) is 3.65. The summed E-state index contributed by atoms with van der Waals surface area (Å²) in [5.74, 6) is 0.0161. The van der Waals surface area contributed by atoms with E-state index < -0.39 is 6.55 Å². The molecule has 0 aliphatic carbocycles. The molecule has 0 bridgehead atoms. The number of alkyl halides is 2. The number of carbonyl (C=O) groups excluding carboxylic acids is 1. The number of methoxy groups -OCH3 is 1. The Balaban J connectivity index is 1.77. The van der Waals surface area contributed by atoms with Crippen molar-refractivity contribution < 1.29 is 18.3 Å². The van der Waals surface area contributed by atoms with Gasteiger partial charge in [-0.25, -0.2) is 4.68 Å². The van der Waals surface area contributed by atoms with Crippen LogP contribution < -0.4 is 0 Å². The second kappa shape index (κ2) is 8.61. The molecule has 0 unspecified atom stereocenters. The van der Waals surface area contributed by atoms with E-state index in [1.807, 2.05) is 4.90 Å². The number of rotatable bonds is 6. The smallest absolute Gasteiger partial charge is 0.333 e. The van der Waals surface area contributed by atoms with Crippen molar-refractivity contribution in [2.24, 2.45) is 0 Å². The molecule has 0 radical (unpaired) electrons. The number of hydrogen-bond acceptors (Lipinski definition) is 3. The van der Waals surface area contributed by atoms with Crippen molar-refractivity contribution in [3.63, 3.8) is 0 Å². The van der Waals surface area contributed by atoms with Gasteiger partial charge in [-0.15, -0.1) is 0 Å². The fraction of sp³-hybridized carbons (Fsp3) is 0.500. The number of halogens is 2. The molecular weight excluding hydrogens is 352 g/mol. The second-order valence-corrected chi connectivity index (χ2v) is 6.89. The van der Waals surface area contributed by atoms with Crippen LogP contribution in [-0.4, -0.2) is 46.9 Å². The summed E-state index contributed by atoms with van der Waals surface area (Å²) in [5, 5.41) is 3.84. The molecule has 27 heavy (non-hydrogen) atoms. The maximum absolute atomic E-state index is 13.0. The molecule has 0 spiro atoms. The van der Waals surface area contributed by atoms with Crippen molar-refractivity contribution in [1.29, 1.82) is 0 Å². The molecule has 1 saturated heterocycles. The maximum Gasteiger partial charge on any atom is 0.333 e. The SMILES string of the molecule is COCC[C@H]1CCCCN1C(=O)c1ccc(-c2cn(C(F)F)nc2C)cc1. The third-order valence-corrected chi connectivity index (χ3v) is 5.10. The lowest BCUT2D eigenvalue weighted by molar-refractivity contribution is 0.0551. The normalized spacial score (nSPS) is 17.5. The number of amides is 1. The lowest BCUT2D eigenvalue weighted by Crippen LogP contribution is -2.44. The van der Waals surface area contributed by atoms with Crippen molar-refractivity contribution in [1.82, 2.24) is 14.7 Å². The van der Waals surface area contributed by atoms with Gasteiger partial charge in [-0.3, -0.25) is 4.79 Å². The summed E-state index contributed by atoms with van der Waals surface area (Å²) >= 11 is 0. The van der Waals surface area contributed by atoms with E-state index in [9.17, 15) is 13.6 Å². The molecule has 7 heteroatoms. The van der Waals surface area contributed by atoms with Gasteiger partial charge in [0, 0.05) is 43.6 Å². The predicted octanol–water partition coefficient (Wildman–Crippen LogP) is 4.28. The van der Waals surface area contributed by atoms with Gasteiger partial charge in [0.1, 0.15) is 0 Å². The summed E-state index contributed by atoms with van der Waals surface area (Å²) in [6.45, 7) is 0.429. The number of likely N-dealkylation sites (tertiary alicyclic amines) is 1. The molecule has 5 nitrogen and oxygen atoms in total. The minimum Gasteiger partial charge on any atom is -0.385 e. The Kier molecular flexibility index (Phi) is 6.21. The lowest BCUT2D eigenvalue weighted by Gasteiger charge is -2.36. The minimum absolute atomic E-state index is 0.0161. The zero-order valence-corrected chi connectivity index (χ0v) is 15.7. The number of carbonyl (C=O) groups is 1. The molecule has 1 amide bonds. The van der Waals surface area contributed by atoms with Crippen LogP contribution in [0.2, 0.25) is 0 Å². The predicted molar refractivity (Wildman–Crippen MR) is 98.8 cm³/mol. The molecule has 1 fully saturated rings. The van der Waals surface area contributed by atoms with Crippen LogP contribution >= 0.6 is 0 Å². The summed E-state index contributed by atoms with van der Waals surface area (Å²) in [6, 6.07) is 7.32. The second-order valence-electron chi connectivity index (χ2n) is 6.89. The van der Waals surface area contributed by atoms with E-state index in [2.05, 4.69) is 5.10 Å². The van der Waals surface area contributed by atoms with Gasteiger partial charge in [0.2, 0.25) is 0 Å². The third kappa shape index (κ3) is 4.35. The van der Waals surface area contributed by atoms with Crippen molar-refractivity contribution in [3.05, 3.63) is 41.7 Å². The van der Waals surface area contributed by atoms with Crippen LogP contribution in [0.25, 0.3) is 11.1 Å². The number of aromatic nitrogens is 2. The van der Waals surface area contributed by atoms with Gasteiger partial charge < -0.3 is 9.64 Å². The highest BCUT2D eigenvalue weighted by molar-refractivity contribution is 5.95. The molecule has 1 aliphatic rings. The Hall–Kier alpha value is -2.28. The van der Waals surface area contributed by atoms with Crippen LogP contribution in [0.4, 0.5) is 8.78 Å². The minimum atomic E-state index is -2.67. The number of benzene rings is 1. The molecule has 2 heterocycles. The molecular formula is C20H25F2N3O2. The summed E-state index contributed by atoms with van der Waals surface area (Å²) in [6.07, 6.45) is 5.32. The summed E-state index contributed by atoms with van der Waals surface area (Å²) in [4.78, 5) is 14.9. The maximum atomic E-state index is 13.0. The highest BCUT2D eigenvalue weighted by Gasteiger charge is 2.27. The summed E-state index contributed by atoms with van der Waals surface area (Å²) < 4.78 is 31.5. The molecule has 0 N–H and O–H groups in total. The van der Waals surface area contributed by atoms with Gasteiger partial charge in [0.25, 0.3) is 5.91 Å². The van der Waals surface area contributed by atoms with Crippen LogP contribution in [0, 0.1) is 6.92 Å². The molecule has 2 aromatic rings. The van der Waals surface area contributed by atoms with E-state index in [0.29, 0.717) is 28.1 Å². The topological polar surface area (TPSA) is 47.4 Å². The molecule has 3 rings (SSSR count). The van der Waals surface area contributed by atoms with E-state index in [1.165, 1.54) is 6.20 Å². The van der Waals surface area contributed by atoms with Crippen LogP contribution in [0.5, 0.6) is 0 Å². The number of aryl methyl sites for hydroxylation is 1. The van der Waals surface area contributed by atoms with E-state index in [4.69, 9.17) is 4.74 Å². The Bertz CT molecular complexity index is 774. The van der Waals surface area contributed by atoms with Crippen molar-refractivity contribution in [3.8, 4) is 11.1 Å². The van der Waals surface area contributed by atoms with Crippen molar-refractivity contribution in [2.45, 2.75) is 45.2 Å². The lowest BCUT2D eigenvalue weighted by atomic mass is 9.98. The molecule has 0 saturated carbocycles. The van der Waals surface area contributed by atoms with Crippen molar-refractivity contribution >= 4 is 5.91 Å². The van der Waals surface area contributed by atoms with Crippen LogP contribution in [0.3, 0.4) is 0 Å². The Labute approximate surface area is 157 Å². The largest absolute Gasteiger partial charge is 0.385 e. The van der Waals surface area contributed by atoms with E-state index >= 15 is 0 Å². The van der Waals surface area contributed by atoms with E-state index in [0.717, 1.165) is 37.8 Å². The first-order valence-electron chi connectivity index (χ1n) is 9.25. The van der Waals surface area contributed by atoms with Crippen molar-refractivity contribution in [2.75, 3.05) is 20.3 Å². The fourth-order valence-corrected chi connectivity index (χ4v) is 3.65. The molecule has 1 aromatic carbocycles. The molecule has 1 aliphatic heterocycles.